The molecule has 1 aliphatic rings. The summed E-state index contributed by atoms with van der Waals surface area (Å²) in [7, 11) is 0. The van der Waals surface area contributed by atoms with Gasteiger partial charge in [-0.3, -0.25) is 4.79 Å². The molecule has 1 unspecified atom stereocenters. The third kappa shape index (κ3) is 2.21. The van der Waals surface area contributed by atoms with E-state index in [1.54, 1.807) is 18.2 Å². The highest BCUT2D eigenvalue weighted by Crippen LogP contribution is 2.36. The molecule has 1 atom stereocenters. The number of Topliss-reactive ketones (excluding diaryl/α,β-unsaturated/α-hetero) is 1. The van der Waals surface area contributed by atoms with Crippen LogP contribution >= 0.6 is 0 Å². The SMILES string of the molecule is O=C1CCCC1c1ccccc1OC(F)F. The van der Waals surface area contributed by atoms with Crippen molar-refractivity contribution < 1.29 is 18.3 Å². The zero-order valence-electron chi connectivity index (χ0n) is 8.66. The predicted molar refractivity (Wildman–Crippen MR) is 54.7 cm³/mol. The van der Waals surface area contributed by atoms with E-state index in [0.717, 1.165) is 12.8 Å². The van der Waals surface area contributed by atoms with Gasteiger partial charge in [0.2, 0.25) is 0 Å². The lowest BCUT2D eigenvalue weighted by molar-refractivity contribution is -0.118. The standard InChI is InChI=1S/C12H12F2O2/c13-12(14)16-11-7-2-1-4-9(11)8-5-3-6-10(8)15/h1-2,4,7-8,12H,3,5-6H2. The maximum Gasteiger partial charge on any atom is 0.387 e. The first-order valence-corrected chi connectivity index (χ1v) is 5.25. The van der Waals surface area contributed by atoms with Gasteiger partial charge in [0.05, 0.1) is 0 Å². The molecule has 0 amide bonds. The van der Waals surface area contributed by atoms with Crippen molar-refractivity contribution >= 4 is 5.78 Å². The Hall–Kier alpha value is -1.45. The Kier molecular flexibility index (Phi) is 3.17. The lowest BCUT2D eigenvalue weighted by atomic mass is 9.96. The van der Waals surface area contributed by atoms with Crippen molar-refractivity contribution in [3.05, 3.63) is 29.8 Å². The summed E-state index contributed by atoms with van der Waals surface area (Å²) in [6.07, 6.45) is 2.09. The van der Waals surface area contributed by atoms with Crippen LogP contribution in [0.4, 0.5) is 8.78 Å². The first-order valence-electron chi connectivity index (χ1n) is 5.25. The van der Waals surface area contributed by atoms with Gasteiger partial charge in [-0.1, -0.05) is 18.2 Å². The van der Waals surface area contributed by atoms with Crippen molar-refractivity contribution in [2.75, 3.05) is 0 Å². The van der Waals surface area contributed by atoms with Crippen LogP contribution in [-0.4, -0.2) is 12.4 Å². The molecule has 0 N–H and O–H groups in total. The number of hydrogen-bond acceptors (Lipinski definition) is 2. The molecule has 16 heavy (non-hydrogen) atoms. The van der Waals surface area contributed by atoms with Crippen LogP contribution in [0.5, 0.6) is 5.75 Å². The van der Waals surface area contributed by atoms with E-state index in [4.69, 9.17) is 0 Å². The molecular weight excluding hydrogens is 214 g/mol. The van der Waals surface area contributed by atoms with Crippen LogP contribution in [0.2, 0.25) is 0 Å². The third-order valence-corrected chi connectivity index (χ3v) is 2.82. The monoisotopic (exact) mass is 226 g/mol. The third-order valence-electron chi connectivity index (χ3n) is 2.82. The number of ketones is 1. The highest BCUT2D eigenvalue weighted by atomic mass is 19.3. The first kappa shape index (κ1) is 11.0. The summed E-state index contributed by atoms with van der Waals surface area (Å²) in [6.45, 7) is -2.85. The molecule has 86 valence electrons. The fourth-order valence-electron chi connectivity index (χ4n) is 2.12. The molecule has 0 radical (unpaired) electrons. The first-order chi connectivity index (χ1) is 7.68. The molecule has 4 heteroatoms. The zero-order valence-corrected chi connectivity index (χ0v) is 8.66. The Morgan fingerprint density at radius 1 is 1.31 bits per heavy atom. The van der Waals surface area contributed by atoms with E-state index in [1.165, 1.54) is 6.07 Å². The Balaban J connectivity index is 2.28. The minimum Gasteiger partial charge on any atom is -0.435 e. The molecule has 2 nitrogen and oxygen atoms in total. The summed E-state index contributed by atoms with van der Waals surface area (Å²) in [5, 5.41) is 0. The van der Waals surface area contributed by atoms with Gasteiger partial charge in [-0.2, -0.15) is 8.78 Å². The summed E-state index contributed by atoms with van der Waals surface area (Å²) in [6, 6.07) is 6.53. The van der Waals surface area contributed by atoms with Gasteiger partial charge in [-0.05, 0) is 18.9 Å². The van der Waals surface area contributed by atoms with Gasteiger partial charge < -0.3 is 4.74 Å². The van der Waals surface area contributed by atoms with Crippen molar-refractivity contribution in [1.82, 2.24) is 0 Å². The van der Waals surface area contributed by atoms with E-state index in [9.17, 15) is 13.6 Å². The average Bonchev–Trinajstić information content (AvgIpc) is 2.64. The van der Waals surface area contributed by atoms with Gasteiger partial charge in [0.15, 0.2) is 0 Å². The summed E-state index contributed by atoms with van der Waals surface area (Å²) < 4.78 is 28.8. The number of ether oxygens (including phenoxy) is 1. The molecule has 0 bridgehead atoms. The van der Waals surface area contributed by atoms with Gasteiger partial charge in [-0.15, -0.1) is 0 Å². The molecule has 1 saturated carbocycles. The largest absolute Gasteiger partial charge is 0.435 e. The Morgan fingerprint density at radius 2 is 2.06 bits per heavy atom. The van der Waals surface area contributed by atoms with Crippen molar-refractivity contribution in [2.24, 2.45) is 0 Å². The number of rotatable bonds is 3. The van der Waals surface area contributed by atoms with Crippen molar-refractivity contribution in [3.63, 3.8) is 0 Å². The van der Waals surface area contributed by atoms with Crippen molar-refractivity contribution in [1.29, 1.82) is 0 Å². The maximum atomic E-state index is 12.2. The number of para-hydroxylation sites is 1. The highest BCUT2D eigenvalue weighted by molar-refractivity contribution is 5.88. The van der Waals surface area contributed by atoms with E-state index in [2.05, 4.69) is 4.74 Å². The molecule has 1 aromatic carbocycles. The van der Waals surface area contributed by atoms with Crippen molar-refractivity contribution in [2.45, 2.75) is 31.8 Å². The second kappa shape index (κ2) is 4.60. The van der Waals surface area contributed by atoms with E-state index >= 15 is 0 Å². The Labute approximate surface area is 92.2 Å². The molecule has 0 aromatic heterocycles. The van der Waals surface area contributed by atoms with E-state index in [0.29, 0.717) is 12.0 Å². The fourth-order valence-corrected chi connectivity index (χ4v) is 2.12. The fraction of sp³-hybridized carbons (Fsp3) is 0.417. The summed E-state index contributed by atoms with van der Waals surface area (Å²) in [4.78, 5) is 11.6. The molecule has 1 aromatic rings. The van der Waals surface area contributed by atoms with Gasteiger partial charge in [0, 0.05) is 17.9 Å². The second-order valence-corrected chi connectivity index (χ2v) is 3.83. The van der Waals surface area contributed by atoms with Crippen LogP contribution in [0, 0.1) is 0 Å². The predicted octanol–water partition coefficient (Wildman–Crippen LogP) is 3.12. The Bertz CT molecular complexity index is 390. The molecule has 1 aliphatic carbocycles. The van der Waals surface area contributed by atoms with Gasteiger partial charge >= 0.3 is 6.61 Å². The minimum atomic E-state index is -2.85. The van der Waals surface area contributed by atoms with E-state index in [1.807, 2.05) is 0 Å². The van der Waals surface area contributed by atoms with Crippen LogP contribution < -0.4 is 4.74 Å². The molecule has 2 rings (SSSR count). The number of hydrogen-bond donors (Lipinski definition) is 0. The Morgan fingerprint density at radius 3 is 2.69 bits per heavy atom. The normalized spacial score (nSPS) is 20.4. The maximum absolute atomic E-state index is 12.2. The van der Waals surface area contributed by atoms with Crippen molar-refractivity contribution in [3.8, 4) is 5.75 Å². The number of alkyl halides is 2. The van der Waals surface area contributed by atoms with Gasteiger partial charge in [-0.25, -0.2) is 0 Å². The number of carbonyl (C=O) groups is 1. The molecule has 0 spiro atoms. The molecule has 0 aliphatic heterocycles. The minimum absolute atomic E-state index is 0.116. The van der Waals surface area contributed by atoms with Crippen LogP contribution in [0.1, 0.15) is 30.7 Å². The van der Waals surface area contributed by atoms with Gasteiger partial charge in [0.25, 0.3) is 0 Å². The van der Waals surface area contributed by atoms with E-state index in [-0.39, 0.29) is 17.5 Å². The second-order valence-electron chi connectivity index (χ2n) is 3.83. The molecule has 0 heterocycles. The molecule has 0 saturated heterocycles. The zero-order chi connectivity index (χ0) is 11.5. The smallest absolute Gasteiger partial charge is 0.387 e. The van der Waals surface area contributed by atoms with Crippen LogP contribution in [0.3, 0.4) is 0 Å². The molecular formula is C12H12F2O2. The quantitative estimate of drug-likeness (QED) is 0.791. The summed E-state index contributed by atoms with van der Waals surface area (Å²) in [5.74, 6) is -0.0296. The van der Waals surface area contributed by atoms with Crippen LogP contribution in [-0.2, 0) is 4.79 Å². The lowest BCUT2D eigenvalue weighted by Gasteiger charge is -2.14. The number of carbonyl (C=O) groups excluding carboxylic acids is 1. The van der Waals surface area contributed by atoms with Gasteiger partial charge in [0.1, 0.15) is 11.5 Å². The lowest BCUT2D eigenvalue weighted by Crippen LogP contribution is -2.09. The van der Waals surface area contributed by atoms with E-state index < -0.39 is 6.61 Å². The average molecular weight is 226 g/mol. The summed E-state index contributed by atoms with van der Waals surface area (Å²) in [5.41, 5.74) is 0.588. The number of benzene rings is 1. The topological polar surface area (TPSA) is 26.3 Å². The number of halogens is 2. The summed E-state index contributed by atoms with van der Waals surface area (Å²) >= 11 is 0. The van der Waals surface area contributed by atoms with Crippen LogP contribution in [0.15, 0.2) is 24.3 Å². The van der Waals surface area contributed by atoms with Crippen LogP contribution in [0.25, 0.3) is 0 Å². The molecule has 1 fully saturated rings. The highest BCUT2D eigenvalue weighted by Gasteiger charge is 2.28.